The first kappa shape index (κ1) is 16.7. The molecule has 0 N–H and O–H groups in total. The zero-order valence-corrected chi connectivity index (χ0v) is 13.9. The lowest BCUT2D eigenvalue weighted by Gasteiger charge is -2.11. The maximum Gasteiger partial charge on any atom is 0.172 e. The molecule has 3 nitrogen and oxygen atoms in total. The van der Waals surface area contributed by atoms with Crippen LogP contribution < -0.4 is 4.74 Å². The highest BCUT2D eigenvalue weighted by Crippen LogP contribution is 2.22. The molecule has 0 spiro atoms. The number of Topliss-reactive ketones (excluding diaryl/α,β-unsaturated/α-hetero) is 1. The Morgan fingerprint density at radius 3 is 2.82 bits per heavy atom. The summed E-state index contributed by atoms with van der Waals surface area (Å²) in [5, 5.41) is 0. The number of ketones is 1. The van der Waals surface area contributed by atoms with E-state index >= 15 is 0 Å². The van der Waals surface area contributed by atoms with E-state index in [1.54, 1.807) is 18.0 Å². The monoisotopic (exact) mass is 318 g/mol. The molecule has 0 saturated carbocycles. The van der Waals surface area contributed by atoms with Crippen molar-refractivity contribution >= 4 is 17.5 Å². The molecule has 0 aliphatic heterocycles. The molecule has 0 bridgehead atoms. The summed E-state index contributed by atoms with van der Waals surface area (Å²) in [7, 11) is 0. The van der Waals surface area contributed by atoms with Crippen molar-refractivity contribution in [1.82, 2.24) is 0 Å². The van der Waals surface area contributed by atoms with E-state index in [9.17, 15) is 4.79 Å². The van der Waals surface area contributed by atoms with Gasteiger partial charge in [0.1, 0.15) is 11.5 Å². The Morgan fingerprint density at radius 2 is 2.14 bits per heavy atom. The van der Waals surface area contributed by atoms with Gasteiger partial charge in [0.05, 0.1) is 24.4 Å². The lowest BCUT2D eigenvalue weighted by Crippen LogP contribution is -2.05. The van der Waals surface area contributed by atoms with Gasteiger partial charge in [-0.05, 0) is 48.7 Å². The fraction of sp³-hybridized carbons (Fsp3) is 0.389. The second kappa shape index (κ2) is 8.69. The van der Waals surface area contributed by atoms with E-state index in [4.69, 9.17) is 9.15 Å². The minimum Gasteiger partial charge on any atom is -0.493 e. The minimum atomic E-state index is 0.147. The minimum absolute atomic E-state index is 0.147. The van der Waals surface area contributed by atoms with E-state index in [1.165, 1.54) is 0 Å². The third-order valence-corrected chi connectivity index (χ3v) is 4.24. The average Bonchev–Trinajstić information content (AvgIpc) is 3.06. The molecule has 2 aromatic rings. The zero-order chi connectivity index (χ0) is 15.8. The average molecular weight is 318 g/mol. The molecule has 118 valence electrons. The van der Waals surface area contributed by atoms with E-state index in [0.29, 0.717) is 12.4 Å². The van der Waals surface area contributed by atoms with Crippen LogP contribution in [0, 0.1) is 0 Å². The molecule has 0 unspecified atom stereocenters. The molecule has 0 fully saturated rings. The Hall–Kier alpha value is -1.68. The van der Waals surface area contributed by atoms with Crippen LogP contribution in [0.5, 0.6) is 5.75 Å². The Labute approximate surface area is 136 Å². The molecule has 0 saturated heterocycles. The highest BCUT2D eigenvalue weighted by molar-refractivity contribution is 7.99. The standard InChI is InChI=1S/C18H22O3S/c1-3-9-21-18-8-7-15(11-14(18)4-2)17(19)13-22-12-16-6-5-10-20-16/h5-8,10-11H,3-4,9,12-13H2,1-2H3. The van der Waals surface area contributed by atoms with Gasteiger partial charge >= 0.3 is 0 Å². The molecule has 0 radical (unpaired) electrons. The van der Waals surface area contributed by atoms with Crippen LogP contribution >= 0.6 is 11.8 Å². The maximum atomic E-state index is 12.3. The topological polar surface area (TPSA) is 39.4 Å². The van der Waals surface area contributed by atoms with Crippen molar-refractivity contribution in [2.75, 3.05) is 12.4 Å². The lowest BCUT2D eigenvalue weighted by atomic mass is 10.1. The predicted octanol–water partition coefficient (Wildman–Crippen LogP) is 4.75. The molecule has 22 heavy (non-hydrogen) atoms. The summed E-state index contributed by atoms with van der Waals surface area (Å²) in [6.07, 6.45) is 3.49. The van der Waals surface area contributed by atoms with Crippen LogP contribution in [0.3, 0.4) is 0 Å². The maximum absolute atomic E-state index is 12.3. The van der Waals surface area contributed by atoms with Gasteiger partial charge in [0.25, 0.3) is 0 Å². The molecule has 4 heteroatoms. The van der Waals surface area contributed by atoms with Gasteiger partial charge in [-0.2, -0.15) is 0 Å². The number of thioether (sulfide) groups is 1. The van der Waals surface area contributed by atoms with Gasteiger partial charge in [-0.3, -0.25) is 4.79 Å². The number of carbonyl (C=O) groups excluding carboxylic acids is 1. The Kier molecular flexibility index (Phi) is 6.59. The third-order valence-electron chi connectivity index (χ3n) is 3.28. The number of hydrogen-bond acceptors (Lipinski definition) is 4. The molecular formula is C18H22O3S. The van der Waals surface area contributed by atoms with Gasteiger partial charge in [0, 0.05) is 5.56 Å². The van der Waals surface area contributed by atoms with Gasteiger partial charge in [-0.15, -0.1) is 11.8 Å². The number of rotatable bonds is 9. The lowest BCUT2D eigenvalue weighted by molar-refractivity contribution is 0.102. The van der Waals surface area contributed by atoms with Gasteiger partial charge < -0.3 is 9.15 Å². The predicted molar refractivity (Wildman–Crippen MR) is 90.8 cm³/mol. The number of furan rings is 1. The summed E-state index contributed by atoms with van der Waals surface area (Å²) in [5.74, 6) is 3.11. The molecule has 1 heterocycles. The van der Waals surface area contributed by atoms with Crippen molar-refractivity contribution in [3.05, 3.63) is 53.5 Å². The molecule has 0 aliphatic rings. The van der Waals surface area contributed by atoms with Crippen LogP contribution in [0.1, 0.15) is 41.9 Å². The summed E-state index contributed by atoms with van der Waals surface area (Å²) < 4.78 is 11.0. The Bertz CT molecular complexity index is 590. The van der Waals surface area contributed by atoms with Crippen LogP contribution in [0.4, 0.5) is 0 Å². The van der Waals surface area contributed by atoms with Crippen molar-refractivity contribution < 1.29 is 13.9 Å². The first-order chi connectivity index (χ1) is 10.7. The van der Waals surface area contributed by atoms with E-state index in [0.717, 1.165) is 41.2 Å². The quantitative estimate of drug-likeness (QED) is 0.626. The van der Waals surface area contributed by atoms with Gasteiger partial charge in [-0.25, -0.2) is 0 Å². The normalized spacial score (nSPS) is 10.6. The second-order valence-corrected chi connectivity index (χ2v) is 6.01. The highest BCUT2D eigenvalue weighted by Gasteiger charge is 2.10. The van der Waals surface area contributed by atoms with Crippen LogP contribution in [0.25, 0.3) is 0 Å². The smallest absolute Gasteiger partial charge is 0.172 e. The van der Waals surface area contributed by atoms with Gasteiger partial charge in [0.15, 0.2) is 5.78 Å². The van der Waals surface area contributed by atoms with E-state index in [1.807, 2.05) is 30.3 Å². The molecular weight excluding hydrogens is 296 g/mol. The fourth-order valence-electron chi connectivity index (χ4n) is 2.10. The number of carbonyl (C=O) groups is 1. The first-order valence-electron chi connectivity index (χ1n) is 7.63. The molecule has 1 aromatic carbocycles. The summed E-state index contributed by atoms with van der Waals surface area (Å²) in [6.45, 7) is 4.87. The van der Waals surface area contributed by atoms with Crippen molar-refractivity contribution in [3.8, 4) is 5.75 Å². The van der Waals surface area contributed by atoms with Crippen molar-refractivity contribution in [3.63, 3.8) is 0 Å². The number of aryl methyl sites for hydroxylation is 1. The SMILES string of the molecule is CCCOc1ccc(C(=O)CSCc2ccco2)cc1CC. The van der Waals surface area contributed by atoms with Gasteiger partial charge in [-0.1, -0.05) is 13.8 Å². The summed E-state index contributed by atoms with van der Waals surface area (Å²) in [6, 6.07) is 9.52. The van der Waals surface area contributed by atoms with E-state index in [-0.39, 0.29) is 5.78 Å². The van der Waals surface area contributed by atoms with Crippen LogP contribution in [0.15, 0.2) is 41.0 Å². The molecule has 1 aromatic heterocycles. The zero-order valence-electron chi connectivity index (χ0n) is 13.1. The first-order valence-corrected chi connectivity index (χ1v) is 8.79. The van der Waals surface area contributed by atoms with Crippen molar-refractivity contribution in [2.45, 2.75) is 32.4 Å². The summed E-state index contributed by atoms with van der Waals surface area (Å²) >= 11 is 1.57. The van der Waals surface area contributed by atoms with Crippen LogP contribution in [-0.4, -0.2) is 18.1 Å². The van der Waals surface area contributed by atoms with E-state index < -0.39 is 0 Å². The number of benzene rings is 1. The van der Waals surface area contributed by atoms with Crippen LogP contribution in [0.2, 0.25) is 0 Å². The molecule has 2 rings (SSSR count). The molecule has 0 atom stereocenters. The van der Waals surface area contributed by atoms with Crippen molar-refractivity contribution in [1.29, 1.82) is 0 Å². The highest BCUT2D eigenvalue weighted by atomic mass is 32.2. The Balaban J connectivity index is 1.94. The largest absolute Gasteiger partial charge is 0.493 e. The third kappa shape index (κ3) is 4.67. The van der Waals surface area contributed by atoms with Crippen molar-refractivity contribution in [2.24, 2.45) is 0 Å². The molecule has 0 aliphatic carbocycles. The van der Waals surface area contributed by atoms with Crippen LogP contribution in [-0.2, 0) is 12.2 Å². The summed E-state index contributed by atoms with van der Waals surface area (Å²) in [5.41, 5.74) is 1.85. The van der Waals surface area contributed by atoms with E-state index in [2.05, 4.69) is 13.8 Å². The summed E-state index contributed by atoms with van der Waals surface area (Å²) in [4.78, 5) is 12.3. The molecule has 0 amide bonds. The van der Waals surface area contributed by atoms with Gasteiger partial charge in [0.2, 0.25) is 0 Å². The fourth-order valence-corrected chi connectivity index (χ4v) is 2.92. The number of ether oxygens (including phenoxy) is 1. The Morgan fingerprint density at radius 1 is 1.27 bits per heavy atom. The second-order valence-electron chi connectivity index (χ2n) is 5.02. The number of hydrogen-bond donors (Lipinski definition) is 0.